The van der Waals surface area contributed by atoms with Gasteiger partial charge in [0.2, 0.25) is 0 Å². The van der Waals surface area contributed by atoms with Gasteiger partial charge in [0.15, 0.2) is 11.7 Å². The molecule has 0 radical (unpaired) electrons. The van der Waals surface area contributed by atoms with Crippen molar-refractivity contribution >= 4 is 17.8 Å². The van der Waals surface area contributed by atoms with Gasteiger partial charge >= 0.3 is 24.3 Å². The minimum atomic E-state index is -3.53. The maximum atomic E-state index is 13.2. The molecule has 0 aromatic heterocycles. The number of halogens is 9. The van der Waals surface area contributed by atoms with E-state index in [0.717, 1.165) is 0 Å². The fourth-order valence-electron chi connectivity index (χ4n) is 1.51. The smallest absolute Gasteiger partial charge is 0.272 e. The molecule has 0 aromatic carbocycles. The van der Waals surface area contributed by atoms with Crippen LogP contribution in [0.2, 0.25) is 0 Å². The molecule has 0 saturated carbocycles. The number of hydrogen-bond donors (Lipinski definition) is 0. The molecule has 1 saturated heterocycles. The lowest BCUT2D eigenvalue weighted by Gasteiger charge is -2.33. The third-order valence-electron chi connectivity index (χ3n) is 2.46. The van der Waals surface area contributed by atoms with Crippen LogP contribution in [-0.4, -0.2) is 27.6 Å². The van der Waals surface area contributed by atoms with Crippen molar-refractivity contribution in [1.29, 1.82) is 0 Å². The van der Waals surface area contributed by atoms with Gasteiger partial charge < -0.3 is 0 Å². The second-order valence-corrected chi connectivity index (χ2v) is 3.77. The van der Waals surface area contributed by atoms with E-state index in [4.69, 9.17) is 0 Å². The number of carbonyl (C=O) groups excluding carboxylic acids is 3. The maximum absolute atomic E-state index is 13.2. The van der Waals surface area contributed by atoms with E-state index in [1.165, 1.54) is 0 Å². The molecule has 0 aliphatic carbocycles. The van der Waals surface area contributed by atoms with Gasteiger partial charge in [0, 0.05) is 0 Å². The average molecular weight is 368 g/mol. The number of rotatable bonds is 3. The molecule has 4 amide bonds. The summed E-state index contributed by atoms with van der Waals surface area (Å²) in [5, 5.41) is 0. The molecule has 0 N–H and O–H groups in total. The summed E-state index contributed by atoms with van der Waals surface area (Å²) in [7, 11) is 0. The topological polar surface area (TPSA) is 57.7 Å². The van der Waals surface area contributed by atoms with E-state index in [-0.39, 0.29) is 0 Å². The molecule has 5 nitrogen and oxygen atoms in total. The van der Waals surface area contributed by atoms with Crippen molar-refractivity contribution in [3.8, 4) is 0 Å². The largest absolute Gasteiger partial charge is 0.346 e. The van der Waals surface area contributed by atoms with E-state index < -0.39 is 69.5 Å². The van der Waals surface area contributed by atoms with Crippen LogP contribution in [0.5, 0.6) is 0 Å². The molecule has 1 aliphatic heterocycles. The highest BCUT2D eigenvalue weighted by atomic mass is 19.3. The van der Waals surface area contributed by atoms with Crippen molar-refractivity contribution in [2.75, 3.05) is 0 Å². The summed E-state index contributed by atoms with van der Waals surface area (Å²) in [6.45, 7) is 0. The third kappa shape index (κ3) is 3.11. The Hall–Kier alpha value is -2.80. The van der Waals surface area contributed by atoms with Gasteiger partial charge in [-0.1, -0.05) is 0 Å². The van der Waals surface area contributed by atoms with Crippen LogP contribution in [0.3, 0.4) is 0 Å². The highest BCUT2D eigenvalue weighted by molar-refractivity contribution is 6.19. The van der Waals surface area contributed by atoms with Gasteiger partial charge in [0.1, 0.15) is 0 Å². The monoisotopic (exact) mass is 368 g/mol. The van der Waals surface area contributed by atoms with Crippen molar-refractivity contribution in [1.82, 2.24) is 9.80 Å². The van der Waals surface area contributed by atoms with E-state index in [0.29, 0.717) is 0 Å². The zero-order chi connectivity index (χ0) is 18.9. The summed E-state index contributed by atoms with van der Waals surface area (Å²) < 4.78 is 113. The quantitative estimate of drug-likeness (QED) is 0.435. The second-order valence-electron chi connectivity index (χ2n) is 3.77. The molecule has 0 atom stereocenters. The Morgan fingerprint density at radius 1 is 0.625 bits per heavy atom. The zero-order valence-electron chi connectivity index (χ0n) is 10.6. The molecule has 0 bridgehead atoms. The Labute approximate surface area is 124 Å². The normalized spacial score (nSPS) is 15.6. The number of urea groups is 1. The first-order valence-electron chi connectivity index (χ1n) is 5.27. The van der Waals surface area contributed by atoms with Crippen LogP contribution in [0.25, 0.3) is 0 Å². The van der Waals surface area contributed by atoms with Crippen molar-refractivity contribution < 1.29 is 53.9 Å². The fourth-order valence-corrected chi connectivity index (χ4v) is 1.51. The van der Waals surface area contributed by atoms with Crippen molar-refractivity contribution in [3.63, 3.8) is 0 Å². The molecule has 1 heterocycles. The average Bonchev–Trinajstić information content (AvgIpc) is 2.46. The molecule has 1 fully saturated rings. The lowest BCUT2D eigenvalue weighted by Crippen LogP contribution is -2.58. The lowest BCUT2D eigenvalue weighted by molar-refractivity contribution is -0.147. The second kappa shape index (κ2) is 6.76. The van der Waals surface area contributed by atoms with Crippen LogP contribution in [-0.2, 0) is 9.59 Å². The summed E-state index contributed by atoms with van der Waals surface area (Å²) in [4.78, 5) is 31.6. The Morgan fingerprint density at radius 3 is 1.21 bits per heavy atom. The summed E-state index contributed by atoms with van der Waals surface area (Å²) in [5.41, 5.74) is 0. The number of hydrogen-bond acceptors (Lipinski definition) is 3. The summed E-state index contributed by atoms with van der Waals surface area (Å²) in [6.07, 6.45) is -10.2. The lowest BCUT2D eigenvalue weighted by atomic mass is 10.0. The van der Waals surface area contributed by atoms with E-state index in [9.17, 15) is 53.9 Å². The first kappa shape index (κ1) is 19.2. The van der Waals surface area contributed by atoms with Gasteiger partial charge in [-0.2, -0.15) is 44.9 Å². The van der Waals surface area contributed by atoms with Gasteiger partial charge in [-0.25, -0.2) is 9.18 Å². The predicted molar refractivity (Wildman–Crippen MR) is 53.6 cm³/mol. The molecule has 1 rings (SSSR count). The van der Waals surface area contributed by atoms with Gasteiger partial charge in [-0.05, 0) is 0 Å². The van der Waals surface area contributed by atoms with Crippen LogP contribution in [0, 0.1) is 5.92 Å². The molecule has 0 spiro atoms. The van der Waals surface area contributed by atoms with Gasteiger partial charge in [0.25, 0.3) is 23.7 Å². The third-order valence-corrected chi connectivity index (χ3v) is 2.46. The first-order chi connectivity index (χ1) is 10.9. The van der Waals surface area contributed by atoms with E-state index in [1.54, 1.807) is 0 Å². The molecule has 0 unspecified atom stereocenters. The standard InChI is InChI=1S/C10HF9N2O3/c11-2(3(12)13)1-8(22)20(6(18)4(14)15)10(24)21(9(1)23)7(19)5(16)17/h1H. The zero-order valence-corrected chi connectivity index (χ0v) is 10.6. The predicted octanol–water partition coefficient (Wildman–Crippen LogP) is 3.54. The summed E-state index contributed by atoms with van der Waals surface area (Å²) in [5.74, 6) is -17.9. The Balaban J connectivity index is 3.68. The van der Waals surface area contributed by atoms with Gasteiger partial charge in [-0.15, -0.1) is 0 Å². The molecule has 24 heavy (non-hydrogen) atoms. The fraction of sp³-hybridized carbons (Fsp3) is 0.100. The number of nitrogens with zero attached hydrogens (tertiary/aromatic N) is 2. The van der Waals surface area contributed by atoms with Crippen molar-refractivity contribution in [2.24, 2.45) is 5.92 Å². The van der Waals surface area contributed by atoms with Crippen LogP contribution < -0.4 is 0 Å². The van der Waals surface area contributed by atoms with Crippen molar-refractivity contribution in [3.05, 3.63) is 36.0 Å². The molecule has 14 heteroatoms. The number of amides is 4. The van der Waals surface area contributed by atoms with Gasteiger partial charge in [-0.3, -0.25) is 9.59 Å². The highest BCUT2D eigenvalue weighted by Gasteiger charge is 2.53. The minimum Gasteiger partial charge on any atom is -0.272 e. The number of carbonyl (C=O) groups is 3. The molecular weight excluding hydrogens is 367 g/mol. The van der Waals surface area contributed by atoms with Crippen LogP contribution >= 0.6 is 0 Å². The maximum Gasteiger partial charge on any atom is 0.346 e. The Morgan fingerprint density at radius 2 is 0.958 bits per heavy atom. The molecular formula is C10HF9N2O3. The van der Waals surface area contributed by atoms with Crippen molar-refractivity contribution in [2.45, 2.75) is 0 Å². The molecule has 1 aliphatic rings. The molecule has 0 aromatic rings. The Kier molecular flexibility index (Phi) is 5.42. The number of barbiturate groups is 1. The SMILES string of the molecule is O=C1C(C(F)=C(F)F)C(=O)N(C(F)=C(F)F)C(=O)N1C(F)=C(F)F. The van der Waals surface area contributed by atoms with Crippen LogP contribution in [0.1, 0.15) is 0 Å². The van der Waals surface area contributed by atoms with E-state index in [2.05, 4.69) is 0 Å². The minimum absolute atomic E-state index is 1.42. The van der Waals surface area contributed by atoms with Crippen LogP contribution in [0.15, 0.2) is 36.0 Å². The highest BCUT2D eigenvalue weighted by Crippen LogP contribution is 2.34. The molecule has 132 valence electrons. The summed E-state index contributed by atoms with van der Waals surface area (Å²) in [6, 6.07) is -2.72. The summed E-state index contributed by atoms with van der Waals surface area (Å²) >= 11 is 0. The van der Waals surface area contributed by atoms with E-state index in [1.807, 2.05) is 0 Å². The number of imide groups is 2. The first-order valence-corrected chi connectivity index (χ1v) is 5.27. The van der Waals surface area contributed by atoms with E-state index >= 15 is 0 Å². The van der Waals surface area contributed by atoms with Gasteiger partial charge in [0.05, 0.1) is 0 Å². The van der Waals surface area contributed by atoms with Crippen LogP contribution in [0.4, 0.5) is 44.3 Å². The Bertz CT molecular complexity index is 589.